The molecular weight excluding hydrogens is 266 g/mol. The second-order valence-corrected chi connectivity index (χ2v) is 5.79. The molecule has 0 aliphatic carbocycles. The lowest BCUT2D eigenvalue weighted by Crippen LogP contribution is -2.12. The van der Waals surface area contributed by atoms with Gasteiger partial charge in [0, 0.05) is 11.6 Å². The summed E-state index contributed by atoms with van der Waals surface area (Å²) in [6, 6.07) is 10.6. The summed E-state index contributed by atoms with van der Waals surface area (Å²) in [7, 11) is 0. The molecule has 106 valence electrons. The highest BCUT2D eigenvalue weighted by Gasteiger charge is 2.11. The largest absolute Gasteiger partial charge is 0.313 e. The number of aryl methyl sites for hydroxylation is 3. The third kappa shape index (κ3) is 3.23. The predicted molar refractivity (Wildman–Crippen MR) is 88.5 cm³/mol. The van der Waals surface area contributed by atoms with Crippen molar-refractivity contribution >= 4 is 11.6 Å². The molecule has 0 radical (unpaired) electrons. The topological polar surface area (TPSA) is 12.0 Å². The molecular formula is C18H22ClN. The van der Waals surface area contributed by atoms with Crippen molar-refractivity contribution in [1.29, 1.82) is 0 Å². The lowest BCUT2D eigenvalue weighted by molar-refractivity contribution is 0.728. The van der Waals surface area contributed by atoms with Crippen molar-refractivity contribution in [3.05, 3.63) is 57.6 Å². The Morgan fingerprint density at radius 2 is 1.65 bits per heavy atom. The maximum Gasteiger partial charge on any atom is 0.0412 e. The Bertz CT molecular complexity index is 594. The minimum Gasteiger partial charge on any atom is -0.313 e. The van der Waals surface area contributed by atoms with Crippen molar-refractivity contribution in [2.75, 3.05) is 6.54 Å². The first-order valence-corrected chi connectivity index (χ1v) is 7.48. The summed E-state index contributed by atoms with van der Waals surface area (Å²) in [6.07, 6.45) is 0. The van der Waals surface area contributed by atoms with Crippen molar-refractivity contribution in [2.45, 2.75) is 34.2 Å². The smallest absolute Gasteiger partial charge is 0.0412 e. The molecule has 0 aromatic heterocycles. The standard InChI is InChI=1S/C18H22ClN/c1-5-20-11-15-6-7-16(19)10-17(15)18-13(3)8-12(2)9-14(18)4/h6-10,20H,5,11H2,1-4H3. The molecule has 0 aliphatic heterocycles. The van der Waals surface area contributed by atoms with Crippen molar-refractivity contribution in [3.63, 3.8) is 0 Å². The van der Waals surface area contributed by atoms with Crippen molar-refractivity contribution < 1.29 is 0 Å². The molecule has 0 spiro atoms. The van der Waals surface area contributed by atoms with E-state index in [0.717, 1.165) is 18.1 Å². The van der Waals surface area contributed by atoms with E-state index in [-0.39, 0.29) is 0 Å². The summed E-state index contributed by atoms with van der Waals surface area (Å²) in [5.41, 5.74) is 7.77. The van der Waals surface area contributed by atoms with E-state index in [1.165, 1.54) is 33.4 Å². The summed E-state index contributed by atoms with van der Waals surface area (Å²) < 4.78 is 0. The molecule has 2 aromatic rings. The number of benzene rings is 2. The second kappa shape index (κ2) is 6.43. The van der Waals surface area contributed by atoms with E-state index in [4.69, 9.17) is 11.6 Å². The van der Waals surface area contributed by atoms with Crippen LogP contribution in [0, 0.1) is 20.8 Å². The van der Waals surface area contributed by atoms with Gasteiger partial charge in [-0.3, -0.25) is 0 Å². The predicted octanol–water partition coefficient (Wildman–Crippen LogP) is 5.04. The molecule has 0 saturated heterocycles. The fraction of sp³-hybridized carbons (Fsp3) is 0.333. The first kappa shape index (κ1) is 15.1. The van der Waals surface area contributed by atoms with Crippen LogP contribution in [0.3, 0.4) is 0 Å². The molecule has 1 N–H and O–H groups in total. The van der Waals surface area contributed by atoms with Crippen LogP contribution in [0.15, 0.2) is 30.3 Å². The van der Waals surface area contributed by atoms with Crippen LogP contribution in [0.2, 0.25) is 5.02 Å². The van der Waals surface area contributed by atoms with Crippen LogP contribution in [0.25, 0.3) is 11.1 Å². The third-order valence-electron chi connectivity index (χ3n) is 3.58. The van der Waals surface area contributed by atoms with Gasteiger partial charge < -0.3 is 5.32 Å². The molecule has 0 atom stereocenters. The van der Waals surface area contributed by atoms with E-state index in [1.54, 1.807) is 0 Å². The van der Waals surface area contributed by atoms with E-state index < -0.39 is 0 Å². The number of rotatable bonds is 4. The van der Waals surface area contributed by atoms with Crippen molar-refractivity contribution in [1.82, 2.24) is 5.32 Å². The van der Waals surface area contributed by atoms with Crippen molar-refractivity contribution in [2.24, 2.45) is 0 Å². The summed E-state index contributed by atoms with van der Waals surface area (Å²) in [4.78, 5) is 0. The van der Waals surface area contributed by atoms with Gasteiger partial charge in [0.05, 0.1) is 0 Å². The van der Waals surface area contributed by atoms with Gasteiger partial charge in [-0.1, -0.05) is 42.3 Å². The maximum absolute atomic E-state index is 6.22. The zero-order valence-electron chi connectivity index (χ0n) is 12.7. The average Bonchev–Trinajstić information content (AvgIpc) is 2.36. The second-order valence-electron chi connectivity index (χ2n) is 5.36. The Balaban J connectivity index is 2.59. The SMILES string of the molecule is CCNCc1ccc(Cl)cc1-c1c(C)cc(C)cc1C. The lowest BCUT2D eigenvalue weighted by atomic mass is 9.91. The van der Waals surface area contributed by atoms with Gasteiger partial charge in [0.1, 0.15) is 0 Å². The average molecular weight is 288 g/mol. The molecule has 0 unspecified atom stereocenters. The van der Waals surface area contributed by atoms with E-state index in [9.17, 15) is 0 Å². The fourth-order valence-electron chi connectivity index (χ4n) is 2.80. The summed E-state index contributed by atoms with van der Waals surface area (Å²) in [6.45, 7) is 10.4. The molecule has 0 amide bonds. The van der Waals surface area contributed by atoms with Crippen LogP contribution in [0.5, 0.6) is 0 Å². The van der Waals surface area contributed by atoms with Gasteiger partial charge in [-0.2, -0.15) is 0 Å². The van der Waals surface area contributed by atoms with Crippen LogP contribution in [-0.2, 0) is 6.54 Å². The number of nitrogens with one attached hydrogen (secondary N) is 1. The number of halogens is 1. The minimum absolute atomic E-state index is 0.791. The zero-order valence-corrected chi connectivity index (χ0v) is 13.4. The highest BCUT2D eigenvalue weighted by atomic mass is 35.5. The van der Waals surface area contributed by atoms with Crippen LogP contribution in [-0.4, -0.2) is 6.54 Å². The summed E-state index contributed by atoms with van der Waals surface area (Å²) in [5, 5.41) is 4.19. The highest BCUT2D eigenvalue weighted by Crippen LogP contribution is 2.33. The van der Waals surface area contributed by atoms with E-state index in [2.05, 4.69) is 57.3 Å². The molecule has 20 heavy (non-hydrogen) atoms. The van der Waals surface area contributed by atoms with Crippen LogP contribution in [0.4, 0.5) is 0 Å². The third-order valence-corrected chi connectivity index (χ3v) is 3.82. The molecule has 1 nitrogen and oxygen atoms in total. The van der Waals surface area contributed by atoms with Gasteiger partial charge in [0.2, 0.25) is 0 Å². The fourth-order valence-corrected chi connectivity index (χ4v) is 2.97. The Morgan fingerprint density at radius 3 is 2.25 bits per heavy atom. The van der Waals surface area contributed by atoms with Gasteiger partial charge in [-0.15, -0.1) is 0 Å². The van der Waals surface area contributed by atoms with Gasteiger partial charge >= 0.3 is 0 Å². The van der Waals surface area contributed by atoms with Gasteiger partial charge in [0.25, 0.3) is 0 Å². The maximum atomic E-state index is 6.22. The van der Waals surface area contributed by atoms with Crippen LogP contribution < -0.4 is 5.32 Å². The summed E-state index contributed by atoms with van der Waals surface area (Å²) >= 11 is 6.22. The monoisotopic (exact) mass is 287 g/mol. The number of hydrogen-bond donors (Lipinski definition) is 1. The first-order valence-electron chi connectivity index (χ1n) is 7.10. The van der Waals surface area contributed by atoms with E-state index >= 15 is 0 Å². The molecule has 0 aliphatic rings. The van der Waals surface area contributed by atoms with E-state index in [0.29, 0.717) is 0 Å². The van der Waals surface area contributed by atoms with Gasteiger partial charge in [0.15, 0.2) is 0 Å². The summed E-state index contributed by atoms with van der Waals surface area (Å²) in [5.74, 6) is 0. The van der Waals surface area contributed by atoms with E-state index in [1.807, 2.05) is 6.07 Å². The Hall–Kier alpha value is -1.31. The van der Waals surface area contributed by atoms with Gasteiger partial charge in [-0.05, 0) is 67.3 Å². The van der Waals surface area contributed by atoms with Crippen LogP contribution in [0.1, 0.15) is 29.2 Å². The Kier molecular flexibility index (Phi) is 4.85. The lowest BCUT2D eigenvalue weighted by Gasteiger charge is -2.16. The normalized spacial score (nSPS) is 10.8. The zero-order chi connectivity index (χ0) is 14.7. The molecule has 2 rings (SSSR count). The van der Waals surface area contributed by atoms with Gasteiger partial charge in [-0.25, -0.2) is 0 Å². The molecule has 0 bridgehead atoms. The molecule has 2 aromatic carbocycles. The first-order chi connectivity index (χ1) is 9.52. The molecule has 0 heterocycles. The number of hydrogen-bond acceptors (Lipinski definition) is 1. The minimum atomic E-state index is 0.791. The quantitative estimate of drug-likeness (QED) is 0.830. The highest BCUT2D eigenvalue weighted by molar-refractivity contribution is 6.30. The molecule has 0 fully saturated rings. The van der Waals surface area contributed by atoms with Crippen LogP contribution >= 0.6 is 11.6 Å². The molecule has 2 heteroatoms. The molecule has 0 saturated carbocycles. The van der Waals surface area contributed by atoms with Crippen molar-refractivity contribution in [3.8, 4) is 11.1 Å². The Morgan fingerprint density at radius 1 is 1.00 bits per heavy atom. The Labute approximate surface area is 127 Å².